The van der Waals surface area contributed by atoms with Crippen LogP contribution in [0.25, 0.3) is 0 Å². The lowest BCUT2D eigenvalue weighted by Gasteiger charge is -2.27. The molecule has 110 valence electrons. The van der Waals surface area contributed by atoms with Gasteiger partial charge in [-0.3, -0.25) is 9.69 Å². The average Bonchev–Trinajstić information content (AvgIpc) is 2.52. The fourth-order valence-corrected chi connectivity index (χ4v) is 2.09. The Morgan fingerprint density at radius 2 is 1.80 bits per heavy atom. The summed E-state index contributed by atoms with van der Waals surface area (Å²) in [5.41, 5.74) is 0.538. The Kier molecular flexibility index (Phi) is 5.20. The van der Waals surface area contributed by atoms with Crippen LogP contribution >= 0.6 is 0 Å². The van der Waals surface area contributed by atoms with Crippen molar-refractivity contribution < 1.29 is 14.3 Å². The molecule has 1 aromatic rings. The van der Waals surface area contributed by atoms with Gasteiger partial charge in [0.2, 0.25) is 0 Å². The Hall–Kier alpha value is -1.79. The van der Waals surface area contributed by atoms with Crippen LogP contribution in [0.5, 0.6) is 11.5 Å². The summed E-state index contributed by atoms with van der Waals surface area (Å²) in [6.45, 7) is 4.37. The van der Waals surface area contributed by atoms with Crippen LogP contribution in [0.4, 0.5) is 0 Å². The summed E-state index contributed by atoms with van der Waals surface area (Å²) in [5, 5.41) is 6.20. The molecule has 0 saturated carbocycles. The van der Waals surface area contributed by atoms with Crippen molar-refractivity contribution in [1.29, 1.82) is 0 Å². The Morgan fingerprint density at radius 3 is 2.35 bits per heavy atom. The second kappa shape index (κ2) is 7.12. The van der Waals surface area contributed by atoms with E-state index in [4.69, 9.17) is 9.47 Å². The van der Waals surface area contributed by atoms with E-state index >= 15 is 0 Å². The van der Waals surface area contributed by atoms with Crippen molar-refractivity contribution in [3.8, 4) is 11.5 Å². The van der Waals surface area contributed by atoms with Crippen molar-refractivity contribution in [2.75, 3.05) is 47.1 Å². The standard InChI is InChI=1S/C14H21N3O3/c1-19-12-7-11(8-13(9-12)20-2)14(18)16-10-17-5-3-15-4-6-17/h7-9,15H,3-6,10H2,1-2H3,(H,16,18). The van der Waals surface area contributed by atoms with Gasteiger partial charge in [0.25, 0.3) is 5.91 Å². The van der Waals surface area contributed by atoms with Crippen LogP contribution < -0.4 is 20.1 Å². The molecule has 2 rings (SSSR count). The lowest BCUT2D eigenvalue weighted by Crippen LogP contribution is -2.48. The molecule has 20 heavy (non-hydrogen) atoms. The first kappa shape index (κ1) is 14.6. The van der Waals surface area contributed by atoms with Crippen LogP contribution in [0.1, 0.15) is 10.4 Å². The predicted molar refractivity (Wildman–Crippen MR) is 76.3 cm³/mol. The summed E-state index contributed by atoms with van der Waals surface area (Å²) in [5.74, 6) is 1.09. The van der Waals surface area contributed by atoms with Crippen LogP contribution in [0.2, 0.25) is 0 Å². The van der Waals surface area contributed by atoms with Crippen molar-refractivity contribution in [2.24, 2.45) is 0 Å². The minimum Gasteiger partial charge on any atom is -0.497 e. The number of carbonyl (C=O) groups is 1. The van der Waals surface area contributed by atoms with Crippen LogP contribution in [-0.2, 0) is 0 Å². The van der Waals surface area contributed by atoms with E-state index < -0.39 is 0 Å². The van der Waals surface area contributed by atoms with Gasteiger partial charge >= 0.3 is 0 Å². The van der Waals surface area contributed by atoms with E-state index in [9.17, 15) is 4.79 Å². The highest BCUT2D eigenvalue weighted by Crippen LogP contribution is 2.22. The molecule has 6 nitrogen and oxygen atoms in total. The Bertz CT molecular complexity index is 437. The molecule has 2 N–H and O–H groups in total. The maximum atomic E-state index is 12.2. The average molecular weight is 279 g/mol. The van der Waals surface area contributed by atoms with Gasteiger partial charge in [0.15, 0.2) is 0 Å². The van der Waals surface area contributed by atoms with Crippen molar-refractivity contribution >= 4 is 5.91 Å². The number of nitrogens with one attached hydrogen (secondary N) is 2. The van der Waals surface area contributed by atoms with Gasteiger partial charge in [-0.05, 0) is 12.1 Å². The maximum absolute atomic E-state index is 12.2. The second-order valence-corrected chi connectivity index (χ2v) is 4.63. The first-order valence-corrected chi connectivity index (χ1v) is 6.67. The monoisotopic (exact) mass is 279 g/mol. The Balaban J connectivity index is 1.97. The molecule has 0 unspecified atom stereocenters. The van der Waals surface area contributed by atoms with Gasteiger partial charge in [0, 0.05) is 37.8 Å². The maximum Gasteiger partial charge on any atom is 0.252 e. The van der Waals surface area contributed by atoms with E-state index in [1.54, 1.807) is 32.4 Å². The zero-order valence-electron chi connectivity index (χ0n) is 11.9. The van der Waals surface area contributed by atoms with Crippen LogP contribution in [0.15, 0.2) is 18.2 Å². The quantitative estimate of drug-likeness (QED) is 0.811. The van der Waals surface area contributed by atoms with E-state index in [2.05, 4.69) is 15.5 Å². The van der Waals surface area contributed by atoms with Gasteiger partial charge in [-0.2, -0.15) is 0 Å². The predicted octanol–water partition coefficient (Wildman–Crippen LogP) is 0.296. The van der Waals surface area contributed by atoms with Crippen molar-refractivity contribution in [3.05, 3.63) is 23.8 Å². The van der Waals surface area contributed by atoms with E-state index in [0.29, 0.717) is 23.7 Å². The van der Waals surface area contributed by atoms with Crippen LogP contribution in [0.3, 0.4) is 0 Å². The largest absolute Gasteiger partial charge is 0.497 e. The van der Waals surface area contributed by atoms with Gasteiger partial charge in [-0.25, -0.2) is 0 Å². The number of amides is 1. The number of rotatable bonds is 5. The summed E-state index contributed by atoms with van der Waals surface area (Å²) < 4.78 is 10.3. The van der Waals surface area contributed by atoms with Gasteiger partial charge in [0.05, 0.1) is 20.9 Å². The van der Waals surface area contributed by atoms with Gasteiger partial charge < -0.3 is 20.1 Å². The molecule has 1 aliphatic heterocycles. The van der Waals surface area contributed by atoms with Gasteiger partial charge in [-0.15, -0.1) is 0 Å². The minimum atomic E-state index is -0.124. The lowest BCUT2D eigenvalue weighted by molar-refractivity contribution is 0.0916. The fourth-order valence-electron chi connectivity index (χ4n) is 2.09. The molecular weight excluding hydrogens is 258 g/mol. The molecule has 0 bridgehead atoms. The molecule has 1 aliphatic rings. The molecule has 6 heteroatoms. The summed E-state index contributed by atoms with van der Waals surface area (Å²) in [7, 11) is 3.13. The zero-order chi connectivity index (χ0) is 14.4. The summed E-state index contributed by atoms with van der Waals surface area (Å²) in [4.78, 5) is 14.4. The topological polar surface area (TPSA) is 62.8 Å². The minimum absolute atomic E-state index is 0.124. The van der Waals surface area contributed by atoms with Crippen LogP contribution in [-0.4, -0.2) is 57.9 Å². The number of carbonyl (C=O) groups excluding carboxylic acids is 1. The number of ether oxygens (including phenoxy) is 2. The number of nitrogens with zero attached hydrogens (tertiary/aromatic N) is 1. The molecule has 1 fully saturated rings. The summed E-state index contributed by atoms with van der Waals surface area (Å²) >= 11 is 0. The van der Waals surface area contributed by atoms with Gasteiger partial charge in [-0.1, -0.05) is 0 Å². The highest BCUT2D eigenvalue weighted by molar-refractivity contribution is 5.95. The molecule has 0 atom stereocenters. The first-order valence-electron chi connectivity index (χ1n) is 6.67. The van der Waals surface area contributed by atoms with Crippen molar-refractivity contribution in [3.63, 3.8) is 0 Å². The van der Waals surface area contributed by atoms with Gasteiger partial charge in [0.1, 0.15) is 11.5 Å². The number of benzene rings is 1. The molecule has 1 amide bonds. The Labute approximate surface area is 119 Å². The fraction of sp³-hybridized carbons (Fsp3) is 0.500. The van der Waals surface area contributed by atoms with Crippen LogP contribution in [0, 0.1) is 0 Å². The third kappa shape index (κ3) is 3.85. The molecule has 1 saturated heterocycles. The smallest absolute Gasteiger partial charge is 0.252 e. The normalized spacial score (nSPS) is 15.7. The first-order chi connectivity index (χ1) is 9.72. The molecule has 0 radical (unpaired) electrons. The summed E-state index contributed by atoms with van der Waals surface area (Å²) in [6, 6.07) is 5.15. The zero-order valence-corrected chi connectivity index (χ0v) is 11.9. The van der Waals surface area contributed by atoms with Crippen molar-refractivity contribution in [1.82, 2.24) is 15.5 Å². The van der Waals surface area contributed by atoms with E-state index in [1.165, 1.54) is 0 Å². The number of hydrogen-bond acceptors (Lipinski definition) is 5. The van der Waals surface area contributed by atoms with E-state index in [-0.39, 0.29) is 5.91 Å². The number of hydrogen-bond donors (Lipinski definition) is 2. The third-order valence-corrected chi connectivity index (χ3v) is 3.29. The Morgan fingerprint density at radius 1 is 1.20 bits per heavy atom. The molecule has 0 spiro atoms. The molecule has 1 heterocycles. The molecule has 0 aromatic heterocycles. The van der Waals surface area contributed by atoms with E-state index in [1.807, 2.05) is 0 Å². The highest BCUT2D eigenvalue weighted by Gasteiger charge is 2.13. The summed E-state index contributed by atoms with van der Waals surface area (Å²) in [6.07, 6.45) is 0. The van der Waals surface area contributed by atoms with Crippen molar-refractivity contribution in [2.45, 2.75) is 0 Å². The van der Waals surface area contributed by atoms with E-state index in [0.717, 1.165) is 26.2 Å². The molecule has 1 aromatic carbocycles. The highest BCUT2D eigenvalue weighted by atomic mass is 16.5. The third-order valence-electron chi connectivity index (χ3n) is 3.29. The number of methoxy groups -OCH3 is 2. The SMILES string of the molecule is COc1cc(OC)cc(C(=O)NCN2CCNCC2)c1. The number of piperazine rings is 1. The second-order valence-electron chi connectivity index (χ2n) is 4.63. The molecular formula is C14H21N3O3. The lowest BCUT2D eigenvalue weighted by atomic mass is 10.2. The molecule has 0 aliphatic carbocycles.